The number of piperazine rings is 1. The zero-order valence-corrected chi connectivity index (χ0v) is 13.9. The van der Waals surface area contributed by atoms with E-state index in [-0.39, 0.29) is 0 Å². The summed E-state index contributed by atoms with van der Waals surface area (Å²) in [7, 11) is 0. The Morgan fingerprint density at radius 1 is 1.08 bits per heavy atom. The van der Waals surface area contributed by atoms with Crippen LogP contribution >= 0.6 is 12.2 Å². The van der Waals surface area contributed by atoms with E-state index >= 15 is 0 Å². The van der Waals surface area contributed by atoms with Crippen molar-refractivity contribution in [1.82, 2.24) is 19.7 Å². The Balaban J connectivity index is 1.40. The molecule has 0 N–H and O–H groups in total. The van der Waals surface area contributed by atoms with E-state index in [1.807, 2.05) is 24.4 Å². The molecule has 1 fully saturated rings. The van der Waals surface area contributed by atoms with Gasteiger partial charge in [-0.3, -0.25) is 4.90 Å². The topological polar surface area (TPSA) is 63.5 Å². The molecule has 0 saturated carbocycles. The van der Waals surface area contributed by atoms with Gasteiger partial charge in [-0.05, 0) is 36.5 Å². The zero-order valence-electron chi connectivity index (χ0n) is 13.0. The third kappa shape index (κ3) is 3.10. The first-order valence-electron chi connectivity index (χ1n) is 7.80. The first-order chi connectivity index (χ1) is 11.8. The van der Waals surface area contributed by atoms with Crippen LogP contribution in [0, 0.1) is 4.84 Å². The quantitative estimate of drug-likeness (QED) is 0.675. The van der Waals surface area contributed by atoms with Crippen LogP contribution in [0.25, 0.3) is 11.7 Å². The van der Waals surface area contributed by atoms with Gasteiger partial charge in [0.15, 0.2) is 5.76 Å². The van der Waals surface area contributed by atoms with E-state index < -0.39 is 0 Å². The number of rotatable bonds is 4. The van der Waals surface area contributed by atoms with Crippen molar-refractivity contribution in [3.05, 3.63) is 47.6 Å². The Bertz CT molecular complexity index is 835. The molecule has 0 radical (unpaired) electrons. The van der Waals surface area contributed by atoms with Crippen LogP contribution in [-0.2, 0) is 6.67 Å². The molecule has 3 aromatic heterocycles. The number of hydrogen-bond donors (Lipinski definition) is 0. The first kappa shape index (κ1) is 15.1. The van der Waals surface area contributed by atoms with Gasteiger partial charge in [-0.25, -0.2) is 9.67 Å². The van der Waals surface area contributed by atoms with E-state index in [1.54, 1.807) is 23.1 Å². The summed E-state index contributed by atoms with van der Waals surface area (Å²) in [6.07, 6.45) is 3.41. The van der Waals surface area contributed by atoms with Gasteiger partial charge in [-0.15, -0.1) is 5.10 Å². The third-order valence-electron chi connectivity index (χ3n) is 4.02. The van der Waals surface area contributed by atoms with Gasteiger partial charge in [0, 0.05) is 32.4 Å². The van der Waals surface area contributed by atoms with Gasteiger partial charge in [0.1, 0.15) is 5.82 Å². The lowest BCUT2D eigenvalue weighted by Gasteiger charge is -2.34. The van der Waals surface area contributed by atoms with Crippen molar-refractivity contribution in [3.8, 4) is 11.7 Å². The van der Waals surface area contributed by atoms with Crippen LogP contribution in [0.15, 0.2) is 51.6 Å². The molecule has 0 atom stereocenters. The molecule has 0 unspecified atom stereocenters. The molecular formula is C16H17N5O2S. The van der Waals surface area contributed by atoms with Gasteiger partial charge in [0.05, 0.1) is 12.9 Å². The standard InChI is InChI=1S/C16H17N5O2S/c24-16-21(18-15(23-16)13-4-3-11-22-13)12-19-7-9-20(10-8-19)14-5-1-2-6-17-14/h1-6,11H,7-10,12H2. The Morgan fingerprint density at radius 2 is 1.96 bits per heavy atom. The van der Waals surface area contributed by atoms with Crippen molar-refractivity contribution in [2.45, 2.75) is 6.67 Å². The maximum atomic E-state index is 5.52. The molecule has 124 valence electrons. The number of aromatic nitrogens is 3. The predicted molar refractivity (Wildman–Crippen MR) is 91.1 cm³/mol. The normalized spacial score (nSPS) is 15.8. The van der Waals surface area contributed by atoms with Crippen molar-refractivity contribution in [2.24, 2.45) is 0 Å². The van der Waals surface area contributed by atoms with Crippen LogP contribution in [0.4, 0.5) is 5.82 Å². The fourth-order valence-electron chi connectivity index (χ4n) is 2.74. The molecule has 1 aliphatic rings. The monoisotopic (exact) mass is 343 g/mol. The minimum atomic E-state index is 0.355. The Kier molecular flexibility index (Phi) is 4.14. The molecular weight excluding hydrogens is 326 g/mol. The smallest absolute Gasteiger partial charge is 0.288 e. The third-order valence-corrected chi connectivity index (χ3v) is 4.31. The fourth-order valence-corrected chi connectivity index (χ4v) is 2.92. The van der Waals surface area contributed by atoms with Crippen LogP contribution in [0.2, 0.25) is 0 Å². The highest BCUT2D eigenvalue weighted by Crippen LogP contribution is 2.18. The summed E-state index contributed by atoms with van der Waals surface area (Å²) in [4.78, 5) is 9.34. The van der Waals surface area contributed by atoms with Crippen molar-refractivity contribution in [1.29, 1.82) is 0 Å². The van der Waals surface area contributed by atoms with E-state index in [0.29, 0.717) is 23.2 Å². The highest BCUT2D eigenvalue weighted by molar-refractivity contribution is 7.71. The molecule has 1 saturated heterocycles. The van der Waals surface area contributed by atoms with Crippen LogP contribution in [0.1, 0.15) is 0 Å². The van der Waals surface area contributed by atoms with Gasteiger partial charge in [-0.1, -0.05) is 6.07 Å². The summed E-state index contributed by atoms with van der Waals surface area (Å²) in [5.74, 6) is 2.02. The van der Waals surface area contributed by atoms with Crippen molar-refractivity contribution < 1.29 is 8.83 Å². The lowest BCUT2D eigenvalue weighted by atomic mass is 10.3. The summed E-state index contributed by atoms with van der Waals surface area (Å²) in [6, 6.07) is 9.58. The summed E-state index contributed by atoms with van der Waals surface area (Å²) in [6.45, 7) is 4.29. The Labute approximate surface area is 144 Å². The van der Waals surface area contributed by atoms with E-state index in [4.69, 9.17) is 21.1 Å². The molecule has 3 aromatic rings. The molecule has 0 spiro atoms. The SMILES string of the molecule is S=c1oc(-c2ccco2)nn1CN1CCN(c2ccccn2)CC1. The van der Waals surface area contributed by atoms with Gasteiger partial charge in [0.2, 0.25) is 0 Å². The predicted octanol–water partition coefficient (Wildman–Crippen LogP) is 2.64. The highest BCUT2D eigenvalue weighted by Gasteiger charge is 2.19. The fraction of sp³-hybridized carbons (Fsp3) is 0.312. The largest absolute Gasteiger partial charge is 0.459 e. The Hall–Kier alpha value is -2.45. The maximum absolute atomic E-state index is 5.52. The van der Waals surface area contributed by atoms with E-state index in [9.17, 15) is 0 Å². The van der Waals surface area contributed by atoms with Crippen LogP contribution < -0.4 is 4.90 Å². The van der Waals surface area contributed by atoms with Crippen LogP contribution in [-0.4, -0.2) is 45.8 Å². The van der Waals surface area contributed by atoms with Crippen LogP contribution in [0.3, 0.4) is 0 Å². The van der Waals surface area contributed by atoms with Crippen molar-refractivity contribution >= 4 is 18.0 Å². The van der Waals surface area contributed by atoms with E-state index in [2.05, 4.69) is 19.9 Å². The molecule has 1 aliphatic heterocycles. The zero-order chi connectivity index (χ0) is 16.4. The molecule has 7 nitrogen and oxygen atoms in total. The maximum Gasteiger partial charge on any atom is 0.288 e. The minimum Gasteiger partial charge on any atom is -0.459 e. The number of hydrogen-bond acceptors (Lipinski definition) is 7. The highest BCUT2D eigenvalue weighted by atomic mass is 32.1. The number of anilines is 1. The second-order valence-electron chi connectivity index (χ2n) is 5.58. The molecule has 4 rings (SSSR count). The molecule has 0 aliphatic carbocycles. The molecule has 8 heteroatoms. The second kappa shape index (κ2) is 6.58. The van der Waals surface area contributed by atoms with E-state index in [0.717, 1.165) is 32.0 Å². The summed E-state index contributed by atoms with van der Waals surface area (Å²) in [5, 5.41) is 4.41. The lowest BCUT2D eigenvalue weighted by molar-refractivity contribution is 0.192. The van der Waals surface area contributed by atoms with Gasteiger partial charge >= 0.3 is 0 Å². The van der Waals surface area contributed by atoms with Crippen molar-refractivity contribution in [3.63, 3.8) is 0 Å². The van der Waals surface area contributed by atoms with Crippen molar-refractivity contribution in [2.75, 3.05) is 31.1 Å². The van der Waals surface area contributed by atoms with Gasteiger partial charge in [-0.2, -0.15) is 0 Å². The number of furan rings is 1. The lowest BCUT2D eigenvalue weighted by Crippen LogP contribution is -2.47. The summed E-state index contributed by atoms with van der Waals surface area (Å²) < 4.78 is 12.5. The summed E-state index contributed by atoms with van der Waals surface area (Å²) >= 11 is 5.26. The first-order valence-corrected chi connectivity index (χ1v) is 8.20. The number of pyridine rings is 1. The minimum absolute atomic E-state index is 0.355. The average molecular weight is 343 g/mol. The second-order valence-corrected chi connectivity index (χ2v) is 5.93. The van der Waals surface area contributed by atoms with Crippen LogP contribution in [0.5, 0.6) is 0 Å². The molecule has 0 aromatic carbocycles. The average Bonchev–Trinajstić information content (AvgIpc) is 3.27. The molecule has 24 heavy (non-hydrogen) atoms. The van der Waals surface area contributed by atoms with E-state index in [1.165, 1.54) is 0 Å². The molecule has 0 bridgehead atoms. The van der Waals surface area contributed by atoms with Gasteiger partial charge < -0.3 is 13.7 Å². The molecule has 4 heterocycles. The van der Waals surface area contributed by atoms with Gasteiger partial charge in [0.25, 0.3) is 10.7 Å². The number of nitrogens with zero attached hydrogens (tertiary/aromatic N) is 5. The summed E-state index contributed by atoms with van der Waals surface area (Å²) in [5.41, 5.74) is 0. The Morgan fingerprint density at radius 3 is 2.67 bits per heavy atom. The molecule has 0 amide bonds.